The minimum atomic E-state index is -0.465. The van der Waals surface area contributed by atoms with Crippen LogP contribution in [0.1, 0.15) is 16.5 Å². The Balaban J connectivity index is 2.10. The van der Waals surface area contributed by atoms with Gasteiger partial charge in [0.25, 0.3) is 0 Å². The molecular formula is C11H9Br2NOS. The second kappa shape index (κ2) is 5.40. The lowest BCUT2D eigenvalue weighted by Gasteiger charge is -2.08. The number of aliphatic hydroxyl groups excluding tert-OH is 1. The normalized spacial score (nSPS) is 12.7. The summed E-state index contributed by atoms with van der Waals surface area (Å²) in [5.41, 5.74) is 1.02. The summed E-state index contributed by atoms with van der Waals surface area (Å²) < 4.78 is 1.97. The van der Waals surface area contributed by atoms with E-state index in [4.69, 9.17) is 0 Å². The van der Waals surface area contributed by atoms with Crippen LogP contribution in [0.3, 0.4) is 0 Å². The third kappa shape index (κ3) is 3.13. The van der Waals surface area contributed by atoms with Gasteiger partial charge in [0.05, 0.1) is 9.89 Å². The molecule has 1 unspecified atom stereocenters. The molecule has 1 N–H and O–H groups in total. The minimum absolute atomic E-state index is 0.465. The van der Waals surface area contributed by atoms with E-state index in [1.807, 2.05) is 18.2 Å². The molecule has 84 valence electrons. The van der Waals surface area contributed by atoms with Crippen LogP contribution in [0.15, 0.2) is 38.9 Å². The highest BCUT2D eigenvalue weighted by atomic mass is 79.9. The lowest BCUT2D eigenvalue weighted by Crippen LogP contribution is -1.99. The lowest BCUT2D eigenvalue weighted by atomic mass is 10.1. The average molecular weight is 363 g/mol. The van der Waals surface area contributed by atoms with E-state index in [0.717, 1.165) is 18.7 Å². The van der Waals surface area contributed by atoms with E-state index < -0.39 is 6.10 Å². The summed E-state index contributed by atoms with van der Waals surface area (Å²) >= 11 is 8.30. The Bertz CT molecular complexity index is 486. The van der Waals surface area contributed by atoms with Gasteiger partial charge in [-0.05, 0) is 55.6 Å². The van der Waals surface area contributed by atoms with Crippen LogP contribution < -0.4 is 0 Å². The Morgan fingerprint density at radius 2 is 2.12 bits per heavy atom. The van der Waals surface area contributed by atoms with Gasteiger partial charge in [0.1, 0.15) is 0 Å². The molecule has 2 aromatic heterocycles. The Hall–Kier alpha value is -0.230. The van der Waals surface area contributed by atoms with Crippen LogP contribution in [-0.2, 0) is 6.42 Å². The molecule has 0 aliphatic rings. The van der Waals surface area contributed by atoms with Crippen molar-refractivity contribution in [3.05, 3.63) is 49.3 Å². The summed E-state index contributed by atoms with van der Waals surface area (Å²) in [5.74, 6) is 0. The first-order valence-corrected chi connectivity index (χ1v) is 7.08. The van der Waals surface area contributed by atoms with Gasteiger partial charge in [-0.1, -0.05) is 0 Å². The predicted molar refractivity (Wildman–Crippen MR) is 72.6 cm³/mol. The molecule has 0 aliphatic carbocycles. The van der Waals surface area contributed by atoms with Gasteiger partial charge in [0, 0.05) is 28.2 Å². The number of aliphatic hydroxyl groups is 1. The molecule has 0 saturated carbocycles. The van der Waals surface area contributed by atoms with Crippen LogP contribution in [0.5, 0.6) is 0 Å². The van der Waals surface area contributed by atoms with Crippen LogP contribution in [-0.4, -0.2) is 10.1 Å². The number of halogens is 2. The number of aromatic nitrogens is 1. The Morgan fingerprint density at radius 3 is 2.75 bits per heavy atom. The van der Waals surface area contributed by atoms with Crippen LogP contribution in [0.4, 0.5) is 0 Å². The Morgan fingerprint density at radius 1 is 1.31 bits per heavy atom. The van der Waals surface area contributed by atoms with Crippen molar-refractivity contribution in [3.63, 3.8) is 0 Å². The van der Waals surface area contributed by atoms with Crippen molar-refractivity contribution in [3.8, 4) is 0 Å². The molecule has 0 amide bonds. The van der Waals surface area contributed by atoms with Crippen molar-refractivity contribution < 1.29 is 5.11 Å². The van der Waals surface area contributed by atoms with Gasteiger partial charge in [0.2, 0.25) is 0 Å². The Labute approximate surface area is 115 Å². The molecule has 2 heterocycles. The fourth-order valence-corrected chi connectivity index (χ4v) is 3.22. The molecule has 0 radical (unpaired) electrons. The number of hydrogen-bond donors (Lipinski definition) is 1. The van der Waals surface area contributed by atoms with E-state index in [2.05, 4.69) is 36.8 Å². The van der Waals surface area contributed by atoms with Gasteiger partial charge in [-0.15, -0.1) is 11.3 Å². The summed E-state index contributed by atoms with van der Waals surface area (Å²) in [6.07, 6.45) is 3.63. The SMILES string of the molecule is OC(Cc1cncc(Br)c1)c1ccc(Br)s1. The van der Waals surface area contributed by atoms with Crippen LogP contribution >= 0.6 is 43.2 Å². The van der Waals surface area contributed by atoms with E-state index in [1.165, 1.54) is 0 Å². The summed E-state index contributed by atoms with van der Waals surface area (Å²) in [6, 6.07) is 5.85. The monoisotopic (exact) mass is 361 g/mol. The fourth-order valence-electron chi connectivity index (χ4n) is 1.40. The minimum Gasteiger partial charge on any atom is -0.387 e. The summed E-state index contributed by atoms with van der Waals surface area (Å²) in [5, 5.41) is 10.0. The molecule has 0 spiro atoms. The van der Waals surface area contributed by atoms with Crippen LogP contribution in [0.2, 0.25) is 0 Å². The van der Waals surface area contributed by atoms with Gasteiger partial charge >= 0.3 is 0 Å². The summed E-state index contributed by atoms with van der Waals surface area (Å²) in [7, 11) is 0. The third-order valence-electron chi connectivity index (χ3n) is 2.11. The van der Waals surface area contributed by atoms with E-state index >= 15 is 0 Å². The fraction of sp³-hybridized carbons (Fsp3) is 0.182. The zero-order valence-corrected chi connectivity index (χ0v) is 12.2. The van der Waals surface area contributed by atoms with Crippen molar-refractivity contribution >= 4 is 43.2 Å². The summed E-state index contributed by atoms with van der Waals surface area (Å²) in [6.45, 7) is 0. The van der Waals surface area contributed by atoms with Crippen molar-refractivity contribution in [1.29, 1.82) is 0 Å². The second-order valence-corrected chi connectivity index (χ2v) is 6.78. The average Bonchev–Trinajstić information content (AvgIpc) is 2.65. The van der Waals surface area contributed by atoms with Gasteiger partial charge in [-0.25, -0.2) is 0 Å². The highest BCUT2D eigenvalue weighted by Crippen LogP contribution is 2.29. The summed E-state index contributed by atoms with van der Waals surface area (Å²) in [4.78, 5) is 5.04. The molecule has 2 nitrogen and oxygen atoms in total. The number of nitrogens with zero attached hydrogens (tertiary/aromatic N) is 1. The molecule has 5 heteroatoms. The first-order valence-electron chi connectivity index (χ1n) is 4.68. The molecule has 16 heavy (non-hydrogen) atoms. The molecule has 0 fully saturated rings. The topological polar surface area (TPSA) is 33.1 Å². The van der Waals surface area contributed by atoms with Crippen LogP contribution in [0, 0.1) is 0 Å². The lowest BCUT2D eigenvalue weighted by molar-refractivity contribution is 0.182. The number of thiophene rings is 1. The maximum absolute atomic E-state index is 10.0. The van der Waals surface area contributed by atoms with E-state index in [9.17, 15) is 5.11 Å². The molecule has 0 bridgehead atoms. The van der Waals surface area contributed by atoms with E-state index in [-0.39, 0.29) is 0 Å². The molecule has 1 atom stereocenters. The highest BCUT2D eigenvalue weighted by molar-refractivity contribution is 9.11. The number of pyridine rings is 1. The zero-order chi connectivity index (χ0) is 11.5. The second-order valence-electron chi connectivity index (χ2n) is 3.37. The van der Waals surface area contributed by atoms with Gasteiger partial charge < -0.3 is 5.11 Å². The molecular weight excluding hydrogens is 354 g/mol. The Kier molecular flexibility index (Phi) is 4.13. The van der Waals surface area contributed by atoms with Crippen molar-refractivity contribution in [2.24, 2.45) is 0 Å². The standard InChI is InChI=1S/C11H9Br2NOS/c12-8-3-7(5-14-6-8)4-9(15)10-1-2-11(13)16-10/h1-3,5-6,9,15H,4H2. The van der Waals surface area contributed by atoms with Gasteiger partial charge in [0.15, 0.2) is 0 Å². The quantitative estimate of drug-likeness (QED) is 0.896. The van der Waals surface area contributed by atoms with Crippen LogP contribution in [0.25, 0.3) is 0 Å². The first-order chi connectivity index (χ1) is 7.65. The molecule has 0 saturated heterocycles. The molecule has 2 aromatic rings. The van der Waals surface area contributed by atoms with E-state index in [0.29, 0.717) is 6.42 Å². The van der Waals surface area contributed by atoms with Gasteiger partial charge in [-0.3, -0.25) is 4.98 Å². The predicted octanol–water partition coefficient (Wildman–Crippen LogP) is 3.94. The maximum atomic E-state index is 10.0. The molecule has 0 aliphatic heterocycles. The highest BCUT2D eigenvalue weighted by Gasteiger charge is 2.11. The van der Waals surface area contributed by atoms with Crippen molar-refractivity contribution in [1.82, 2.24) is 4.98 Å². The molecule has 0 aromatic carbocycles. The van der Waals surface area contributed by atoms with E-state index in [1.54, 1.807) is 23.7 Å². The smallest absolute Gasteiger partial charge is 0.0923 e. The number of hydrogen-bond acceptors (Lipinski definition) is 3. The zero-order valence-electron chi connectivity index (χ0n) is 8.23. The van der Waals surface area contributed by atoms with Crippen molar-refractivity contribution in [2.45, 2.75) is 12.5 Å². The maximum Gasteiger partial charge on any atom is 0.0923 e. The largest absolute Gasteiger partial charge is 0.387 e. The third-order valence-corrected chi connectivity index (χ3v) is 4.27. The van der Waals surface area contributed by atoms with Gasteiger partial charge in [-0.2, -0.15) is 0 Å². The first kappa shape index (κ1) is 12.2. The number of rotatable bonds is 3. The van der Waals surface area contributed by atoms with Crippen molar-refractivity contribution in [2.75, 3.05) is 0 Å². The molecule has 2 rings (SSSR count).